The molecule has 2 rings (SSSR count). The molecule has 2 aromatic rings. The van der Waals surface area contributed by atoms with Crippen LogP contribution in [0.2, 0.25) is 0 Å². The summed E-state index contributed by atoms with van der Waals surface area (Å²) < 4.78 is 5.22. The van der Waals surface area contributed by atoms with Gasteiger partial charge in [0.1, 0.15) is 5.76 Å². The molecule has 4 nitrogen and oxygen atoms in total. The fraction of sp³-hybridized carbons (Fsp3) is 0.438. The first-order valence-electron chi connectivity index (χ1n) is 6.91. The summed E-state index contributed by atoms with van der Waals surface area (Å²) in [5, 5.41) is 16.8. The van der Waals surface area contributed by atoms with Gasteiger partial charge in [0.25, 0.3) is 0 Å². The minimum absolute atomic E-state index is 0.0694. The first-order valence-corrected chi connectivity index (χ1v) is 6.91. The van der Waals surface area contributed by atoms with Crippen LogP contribution in [0.5, 0.6) is 0 Å². The van der Waals surface area contributed by atoms with Crippen molar-refractivity contribution in [3.8, 4) is 0 Å². The molecule has 1 aromatic heterocycles. The molecule has 1 heterocycles. The number of rotatable bonds is 5. The fourth-order valence-electron chi connectivity index (χ4n) is 2.62. The molecular weight excluding hydrogens is 252 g/mol. The van der Waals surface area contributed by atoms with Crippen molar-refractivity contribution < 1.29 is 9.63 Å². The van der Waals surface area contributed by atoms with Gasteiger partial charge in [0.2, 0.25) is 0 Å². The third-order valence-corrected chi connectivity index (χ3v) is 3.66. The maximum atomic E-state index is 9.21. The first kappa shape index (κ1) is 14.8. The summed E-state index contributed by atoms with van der Waals surface area (Å²) in [6, 6.07) is 8.33. The van der Waals surface area contributed by atoms with Gasteiger partial charge in [-0.15, -0.1) is 0 Å². The van der Waals surface area contributed by atoms with E-state index in [-0.39, 0.29) is 18.7 Å². The number of aryl methyl sites for hydroxylation is 2. The van der Waals surface area contributed by atoms with E-state index in [9.17, 15) is 5.11 Å². The van der Waals surface area contributed by atoms with Gasteiger partial charge < -0.3 is 14.9 Å². The van der Waals surface area contributed by atoms with Crippen LogP contribution in [-0.2, 0) is 6.61 Å². The quantitative estimate of drug-likeness (QED) is 0.879. The van der Waals surface area contributed by atoms with E-state index in [1.807, 2.05) is 32.0 Å². The molecule has 0 aliphatic carbocycles. The molecule has 4 heteroatoms. The number of hydrogen-bond acceptors (Lipinski definition) is 4. The molecule has 0 aliphatic rings. The highest BCUT2D eigenvalue weighted by molar-refractivity contribution is 5.28. The van der Waals surface area contributed by atoms with Gasteiger partial charge in [-0.25, -0.2) is 0 Å². The largest absolute Gasteiger partial charge is 0.392 e. The molecule has 20 heavy (non-hydrogen) atoms. The van der Waals surface area contributed by atoms with Crippen molar-refractivity contribution in [1.82, 2.24) is 10.5 Å². The van der Waals surface area contributed by atoms with Crippen LogP contribution in [0.15, 0.2) is 28.8 Å². The Labute approximate surface area is 119 Å². The zero-order valence-electron chi connectivity index (χ0n) is 12.5. The molecule has 2 unspecified atom stereocenters. The average molecular weight is 274 g/mol. The van der Waals surface area contributed by atoms with Gasteiger partial charge in [0.15, 0.2) is 0 Å². The molecule has 0 fully saturated rings. The lowest BCUT2D eigenvalue weighted by Gasteiger charge is -2.21. The van der Waals surface area contributed by atoms with E-state index in [0.717, 1.165) is 28.1 Å². The van der Waals surface area contributed by atoms with Crippen molar-refractivity contribution in [3.63, 3.8) is 0 Å². The van der Waals surface area contributed by atoms with Crippen LogP contribution in [0.3, 0.4) is 0 Å². The van der Waals surface area contributed by atoms with Crippen LogP contribution in [0.4, 0.5) is 0 Å². The van der Waals surface area contributed by atoms with Gasteiger partial charge in [-0.2, -0.15) is 0 Å². The Bertz CT molecular complexity index is 558. The van der Waals surface area contributed by atoms with E-state index in [4.69, 9.17) is 4.52 Å². The van der Waals surface area contributed by atoms with Crippen molar-refractivity contribution in [2.45, 2.75) is 46.4 Å². The first-order chi connectivity index (χ1) is 9.52. The second kappa shape index (κ2) is 6.20. The number of aliphatic hydroxyl groups excluding tert-OH is 1. The van der Waals surface area contributed by atoms with E-state index in [0.29, 0.717) is 0 Å². The third-order valence-electron chi connectivity index (χ3n) is 3.66. The molecule has 0 radical (unpaired) electrons. The minimum Gasteiger partial charge on any atom is -0.392 e. The molecule has 0 saturated heterocycles. The molecular formula is C16H22N2O2. The van der Waals surface area contributed by atoms with Crippen molar-refractivity contribution in [2.75, 3.05) is 0 Å². The van der Waals surface area contributed by atoms with E-state index in [1.54, 1.807) is 0 Å². The van der Waals surface area contributed by atoms with Crippen LogP contribution in [0, 0.1) is 13.8 Å². The number of aliphatic hydroxyl groups is 1. The highest BCUT2D eigenvalue weighted by atomic mass is 16.5. The van der Waals surface area contributed by atoms with Crippen molar-refractivity contribution >= 4 is 0 Å². The highest BCUT2D eigenvalue weighted by Crippen LogP contribution is 2.24. The Hall–Kier alpha value is -1.65. The molecule has 0 bridgehead atoms. The Morgan fingerprint density at radius 3 is 2.60 bits per heavy atom. The fourth-order valence-corrected chi connectivity index (χ4v) is 2.62. The number of hydrogen-bond donors (Lipinski definition) is 2. The van der Waals surface area contributed by atoms with Crippen LogP contribution >= 0.6 is 0 Å². The minimum atomic E-state index is 0.0694. The molecule has 0 spiro atoms. The van der Waals surface area contributed by atoms with Gasteiger partial charge in [-0.3, -0.25) is 0 Å². The predicted octanol–water partition coefficient (Wildman–Crippen LogP) is 3.20. The summed E-state index contributed by atoms with van der Waals surface area (Å²) in [5.74, 6) is 0.860. The van der Waals surface area contributed by atoms with Crippen LogP contribution in [-0.4, -0.2) is 10.3 Å². The number of aromatic nitrogens is 1. The predicted molar refractivity (Wildman–Crippen MR) is 78.3 cm³/mol. The van der Waals surface area contributed by atoms with Crippen molar-refractivity contribution in [1.29, 1.82) is 0 Å². The molecule has 0 amide bonds. The summed E-state index contributed by atoms with van der Waals surface area (Å²) in [5.41, 5.74) is 4.14. The standard InChI is InChI=1S/C16H22N2O2/c1-10(15-7-5-6-14(8-15)9-19)17-11(2)16-12(3)18-20-13(16)4/h5-8,10-11,17,19H,9H2,1-4H3. The lowest BCUT2D eigenvalue weighted by Crippen LogP contribution is -2.23. The highest BCUT2D eigenvalue weighted by Gasteiger charge is 2.18. The lowest BCUT2D eigenvalue weighted by atomic mass is 10.0. The molecule has 2 N–H and O–H groups in total. The number of nitrogens with zero attached hydrogens (tertiary/aromatic N) is 1. The van der Waals surface area contributed by atoms with Crippen molar-refractivity contribution in [2.24, 2.45) is 0 Å². The molecule has 0 aliphatic heterocycles. The molecule has 2 atom stereocenters. The van der Waals surface area contributed by atoms with E-state index in [2.05, 4.69) is 30.4 Å². The SMILES string of the molecule is Cc1noc(C)c1C(C)NC(C)c1cccc(CO)c1. The molecule has 1 aromatic carbocycles. The number of nitrogens with one attached hydrogen (secondary N) is 1. The van der Waals surface area contributed by atoms with E-state index >= 15 is 0 Å². The van der Waals surface area contributed by atoms with Gasteiger partial charge in [0.05, 0.1) is 12.3 Å². The normalized spacial score (nSPS) is 14.2. The summed E-state index contributed by atoms with van der Waals surface area (Å²) in [7, 11) is 0. The number of benzene rings is 1. The maximum absolute atomic E-state index is 9.21. The second-order valence-corrected chi connectivity index (χ2v) is 5.25. The zero-order valence-corrected chi connectivity index (χ0v) is 12.5. The Kier molecular flexibility index (Phi) is 4.57. The monoisotopic (exact) mass is 274 g/mol. The smallest absolute Gasteiger partial charge is 0.138 e. The maximum Gasteiger partial charge on any atom is 0.138 e. The second-order valence-electron chi connectivity index (χ2n) is 5.25. The van der Waals surface area contributed by atoms with Gasteiger partial charge in [-0.05, 0) is 38.8 Å². The third kappa shape index (κ3) is 3.08. The van der Waals surface area contributed by atoms with Crippen LogP contribution in [0.1, 0.15) is 54.1 Å². The molecule has 0 saturated carbocycles. The van der Waals surface area contributed by atoms with E-state index < -0.39 is 0 Å². The summed E-state index contributed by atoms with van der Waals surface area (Å²) >= 11 is 0. The Balaban J connectivity index is 2.13. The average Bonchev–Trinajstić information content (AvgIpc) is 2.78. The van der Waals surface area contributed by atoms with Gasteiger partial charge in [0, 0.05) is 17.6 Å². The summed E-state index contributed by atoms with van der Waals surface area (Å²) in [6.45, 7) is 8.19. The van der Waals surface area contributed by atoms with Crippen LogP contribution in [0.25, 0.3) is 0 Å². The van der Waals surface area contributed by atoms with Crippen LogP contribution < -0.4 is 5.32 Å². The Morgan fingerprint density at radius 2 is 2.00 bits per heavy atom. The Morgan fingerprint density at radius 1 is 1.25 bits per heavy atom. The summed E-state index contributed by atoms with van der Waals surface area (Å²) in [6.07, 6.45) is 0. The summed E-state index contributed by atoms with van der Waals surface area (Å²) in [4.78, 5) is 0. The van der Waals surface area contributed by atoms with Gasteiger partial charge in [-0.1, -0.05) is 29.4 Å². The van der Waals surface area contributed by atoms with Crippen molar-refractivity contribution in [3.05, 3.63) is 52.4 Å². The van der Waals surface area contributed by atoms with Gasteiger partial charge >= 0.3 is 0 Å². The van der Waals surface area contributed by atoms with E-state index in [1.165, 1.54) is 0 Å². The topological polar surface area (TPSA) is 58.3 Å². The lowest BCUT2D eigenvalue weighted by molar-refractivity contribution is 0.281. The molecule has 108 valence electrons. The zero-order chi connectivity index (χ0) is 14.7.